The number of benzene rings is 1. The molecule has 1 unspecified atom stereocenters. The highest BCUT2D eigenvalue weighted by Gasteiger charge is 2.31. The molecule has 0 spiro atoms. The predicted octanol–water partition coefficient (Wildman–Crippen LogP) is 4.01. The lowest BCUT2D eigenvalue weighted by Gasteiger charge is -2.10. The average Bonchev–Trinajstić information content (AvgIpc) is 2.94. The summed E-state index contributed by atoms with van der Waals surface area (Å²) in [6, 6.07) is 3.20. The molecule has 1 heterocycles. The van der Waals surface area contributed by atoms with Gasteiger partial charge in [0, 0.05) is 6.92 Å². The smallest absolute Gasteiger partial charge is 0.299 e. The van der Waals surface area contributed by atoms with Crippen molar-refractivity contribution in [2.75, 3.05) is 5.32 Å². The van der Waals surface area contributed by atoms with Gasteiger partial charge in [0.15, 0.2) is 10.9 Å². The monoisotopic (exact) mass is 346 g/mol. The molecule has 2 aromatic rings. The van der Waals surface area contributed by atoms with E-state index in [1.807, 2.05) is 0 Å². The highest BCUT2D eigenvalue weighted by molar-refractivity contribution is 7.17. The van der Waals surface area contributed by atoms with E-state index in [4.69, 9.17) is 0 Å². The van der Waals surface area contributed by atoms with Gasteiger partial charge in [-0.1, -0.05) is 23.5 Å². The molecular weight excluding hydrogens is 336 g/mol. The number of hydrogen-bond acceptors (Lipinski definition) is 4. The van der Waals surface area contributed by atoms with Crippen LogP contribution >= 0.6 is 11.3 Å². The van der Waals surface area contributed by atoms with E-state index < -0.39 is 23.8 Å². The number of halogens is 4. The van der Waals surface area contributed by atoms with Crippen LogP contribution < -0.4 is 5.32 Å². The van der Waals surface area contributed by atoms with Crippen LogP contribution in [-0.2, 0) is 11.0 Å². The van der Waals surface area contributed by atoms with Gasteiger partial charge < -0.3 is 0 Å². The van der Waals surface area contributed by atoms with E-state index in [1.54, 1.807) is 0 Å². The number of amides is 1. The maximum atomic E-state index is 14.0. The molecule has 0 radical (unpaired) electrons. The lowest BCUT2D eigenvalue weighted by atomic mass is 10.1. The zero-order valence-corrected chi connectivity index (χ0v) is 12.5. The summed E-state index contributed by atoms with van der Waals surface area (Å²) in [5, 5.41) is 2.22. The van der Waals surface area contributed by atoms with Crippen molar-refractivity contribution in [3.8, 4) is 0 Å². The summed E-state index contributed by atoms with van der Waals surface area (Å²) in [4.78, 5) is 26.9. The molecule has 23 heavy (non-hydrogen) atoms. The van der Waals surface area contributed by atoms with Crippen LogP contribution in [0.15, 0.2) is 30.5 Å². The van der Waals surface area contributed by atoms with Crippen molar-refractivity contribution < 1.29 is 27.2 Å². The molecule has 0 aliphatic carbocycles. The van der Waals surface area contributed by atoms with Crippen molar-refractivity contribution in [2.24, 2.45) is 0 Å². The molecule has 9 heteroatoms. The van der Waals surface area contributed by atoms with Gasteiger partial charge in [-0.05, 0) is 17.7 Å². The Morgan fingerprint density at radius 2 is 1.83 bits per heavy atom. The van der Waals surface area contributed by atoms with Crippen molar-refractivity contribution in [1.82, 2.24) is 4.98 Å². The van der Waals surface area contributed by atoms with Crippen LogP contribution in [0.4, 0.5) is 22.7 Å². The summed E-state index contributed by atoms with van der Waals surface area (Å²) < 4.78 is 51.3. The second-order valence-electron chi connectivity index (χ2n) is 4.56. The van der Waals surface area contributed by atoms with Gasteiger partial charge in [0.05, 0.1) is 16.6 Å². The number of aromatic nitrogens is 1. The average molecular weight is 346 g/mol. The fraction of sp³-hybridized carbons (Fsp3) is 0.214. The Morgan fingerprint density at radius 1 is 1.22 bits per heavy atom. The van der Waals surface area contributed by atoms with Crippen molar-refractivity contribution in [3.05, 3.63) is 46.5 Å². The van der Waals surface area contributed by atoms with E-state index in [2.05, 4.69) is 10.3 Å². The van der Waals surface area contributed by atoms with Crippen molar-refractivity contribution >= 4 is 28.2 Å². The van der Waals surface area contributed by atoms with Crippen LogP contribution in [-0.4, -0.2) is 16.7 Å². The third kappa shape index (κ3) is 4.13. The summed E-state index contributed by atoms with van der Waals surface area (Å²) in [6.45, 7) is 1.32. The Hall–Kier alpha value is -2.29. The number of nitrogens with one attached hydrogen (secondary N) is 1. The third-order valence-corrected chi connectivity index (χ3v) is 3.86. The highest BCUT2D eigenvalue weighted by atomic mass is 32.1. The minimum absolute atomic E-state index is 0.0368. The second kappa shape index (κ2) is 6.45. The minimum Gasteiger partial charge on any atom is -0.299 e. The number of nitrogens with zero attached hydrogens (tertiary/aromatic N) is 1. The third-order valence-electron chi connectivity index (χ3n) is 2.84. The summed E-state index contributed by atoms with van der Waals surface area (Å²) >= 11 is 0.880. The number of carbonyl (C=O) groups is 2. The van der Waals surface area contributed by atoms with E-state index in [0.717, 1.165) is 23.5 Å². The van der Waals surface area contributed by atoms with Gasteiger partial charge in [0.1, 0.15) is 0 Å². The first-order valence-corrected chi connectivity index (χ1v) is 7.09. The summed E-state index contributed by atoms with van der Waals surface area (Å²) in [5.74, 6) is -1.32. The van der Waals surface area contributed by atoms with Gasteiger partial charge in [0.2, 0.25) is 6.17 Å². The number of ketones is 1. The highest BCUT2D eigenvalue weighted by Crippen LogP contribution is 2.30. The number of thiazole rings is 1. The minimum atomic E-state index is -4.53. The molecule has 122 valence electrons. The van der Waals surface area contributed by atoms with Crippen LogP contribution in [0.3, 0.4) is 0 Å². The van der Waals surface area contributed by atoms with E-state index in [-0.39, 0.29) is 16.5 Å². The number of rotatable bonds is 4. The predicted molar refractivity (Wildman–Crippen MR) is 76.0 cm³/mol. The Kier molecular flexibility index (Phi) is 4.79. The SMILES string of the molecule is CC(=O)c1cnc(NC(=O)C(F)c2ccc(C(F)(F)F)cc2)s1. The van der Waals surface area contributed by atoms with Gasteiger partial charge in [-0.15, -0.1) is 0 Å². The van der Waals surface area contributed by atoms with Gasteiger partial charge in [0.25, 0.3) is 5.91 Å². The zero-order valence-electron chi connectivity index (χ0n) is 11.6. The van der Waals surface area contributed by atoms with E-state index in [0.29, 0.717) is 17.0 Å². The van der Waals surface area contributed by atoms with E-state index >= 15 is 0 Å². The van der Waals surface area contributed by atoms with Gasteiger partial charge >= 0.3 is 6.18 Å². The first-order chi connectivity index (χ1) is 10.7. The Labute approximate surface area is 132 Å². The Morgan fingerprint density at radius 3 is 2.30 bits per heavy atom. The van der Waals surface area contributed by atoms with Crippen molar-refractivity contribution in [2.45, 2.75) is 19.3 Å². The molecule has 0 aliphatic heterocycles. The van der Waals surface area contributed by atoms with Crippen LogP contribution in [0, 0.1) is 0 Å². The molecule has 1 N–H and O–H groups in total. The molecule has 2 rings (SSSR count). The normalized spacial score (nSPS) is 12.7. The van der Waals surface area contributed by atoms with E-state index in [1.165, 1.54) is 13.1 Å². The quantitative estimate of drug-likeness (QED) is 0.672. The summed E-state index contributed by atoms with van der Waals surface area (Å²) in [6.07, 6.45) is -5.44. The Balaban J connectivity index is 2.08. The van der Waals surface area contributed by atoms with Crippen molar-refractivity contribution in [3.63, 3.8) is 0 Å². The number of alkyl halides is 4. The van der Waals surface area contributed by atoms with Gasteiger partial charge in [-0.25, -0.2) is 9.37 Å². The van der Waals surface area contributed by atoms with Gasteiger partial charge in [-0.2, -0.15) is 13.2 Å². The molecule has 0 bridgehead atoms. The van der Waals surface area contributed by atoms with Crippen molar-refractivity contribution in [1.29, 1.82) is 0 Å². The molecule has 1 amide bonds. The molecular formula is C14H10F4N2O2S. The largest absolute Gasteiger partial charge is 0.416 e. The molecule has 4 nitrogen and oxygen atoms in total. The standard InChI is InChI=1S/C14H10F4N2O2S/c1-7(21)10-6-19-13(23-10)20-12(22)11(15)8-2-4-9(5-3-8)14(16,17)18/h2-6,11H,1H3,(H,19,20,22). The van der Waals surface area contributed by atoms with Crippen LogP contribution in [0.1, 0.15) is 33.9 Å². The fourth-order valence-electron chi connectivity index (χ4n) is 1.66. The number of carbonyl (C=O) groups excluding carboxylic acids is 2. The maximum Gasteiger partial charge on any atom is 0.416 e. The van der Waals surface area contributed by atoms with Crippen LogP contribution in [0.25, 0.3) is 0 Å². The zero-order chi connectivity index (χ0) is 17.2. The molecule has 0 aliphatic rings. The molecule has 1 atom stereocenters. The molecule has 0 saturated heterocycles. The first kappa shape index (κ1) is 17.1. The number of Topliss-reactive ketones (excluding diaryl/α,β-unsaturated/α-hetero) is 1. The van der Waals surface area contributed by atoms with E-state index in [9.17, 15) is 27.2 Å². The molecule has 1 aromatic carbocycles. The molecule has 0 saturated carbocycles. The number of hydrogen-bond donors (Lipinski definition) is 1. The summed E-state index contributed by atoms with van der Waals surface area (Å²) in [7, 11) is 0. The fourth-order valence-corrected chi connectivity index (χ4v) is 2.37. The second-order valence-corrected chi connectivity index (χ2v) is 5.59. The lowest BCUT2D eigenvalue weighted by molar-refractivity contribution is -0.137. The maximum absolute atomic E-state index is 14.0. The number of anilines is 1. The molecule has 1 aromatic heterocycles. The first-order valence-electron chi connectivity index (χ1n) is 6.27. The summed E-state index contributed by atoms with van der Waals surface area (Å²) in [5.41, 5.74) is -1.14. The van der Waals surface area contributed by atoms with Gasteiger partial charge in [-0.3, -0.25) is 14.9 Å². The Bertz CT molecular complexity index is 725. The topological polar surface area (TPSA) is 59.1 Å². The lowest BCUT2D eigenvalue weighted by Crippen LogP contribution is -2.18. The van der Waals surface area contributed by atoms with Crippen LogP contribution in [0.2, 0.25) is 0 Å². The molecule has 0 fully saturated rings. The van der Waals surface area contributed by atoms with Crippen LogP contribution in [0.5, 0.6) is 0 Å².